The van der Waals surface area contributed by atoms with Crippen molar-refractivity contribution in [2.24, 2.45) is 4.99 Å². The number of amides is 1. The van der Waals surface area contributed by atoms with E-state index < -0.39 is 0 Å². The van der Waals surface area contributed by atoms with Gasteiger partial charge in [0.2, 0.25) is 5.91 Å². The fourth-order valence-corrected chi connectivity index (χ4v) is 4.45. The molecule has 1 amide bonds. The number of aliphatic imine (C=N–C) groups is 1. The minimum atomic E-state index is -0.266. The van der Waals surface area contributed by atoms with Crippen LogP contribution in [-0.4, -0.2) is 79.8 Å². The number of hydrazine groups is 1. The summed E-state index contributed by atoms with van der Waals surface area (Å²) in [5, 5.41) is 11.1. The lowest BCUT2D eigenvalue weighted by Gasteiger charge is -2.41. The van der Waals surface area contributed by atoms with Crippen LogP contribution < -0.4 is 10.2 Å². The van der Waals surface area contributed by atoms with Crippen LogP contribution in [0.15, 0.2) is 41.4 Å². The SMILES string of the molecule is C=CC(=O)N1CCC[C@@H](N2NC(c3ccc(OC)c(Cl)c3)=C(C(=N)N=C)C2N(C)C)C1. The topological polar surface area (TPSA) is 84.3 Å². The van der Waals surface area contributed by atoms with Crippen LogP contribution in [0.5, 0.6) is 5.75 Å². The number of carbonyl (C=O) groups excluding carboxylic acids is 1. The number of likely N-dealkylation sites (N-methyl/N-ethyl adjacent to an activating group) is 1. The summed E-state index contributed by atoms with van der Waals surface area (Å²) in [6, 6.07) is 5.55. The highest BCUT2D eigenvalue weighted by Crippen LogP contribution is 2.35. The van der Waals surface area contributed by atoms with Crippen LogP contribution in [0, 0.1) is 5.41 Å². The molecule has 0 aliphatic carbocycles. The summed E-state index contributed by atoms with van der Waals surface area (Å²) in [4.78, 5) is 20.0. The fraction of sp³-hybridized carbons (Fsp3) is 0.409. The summed E-state index contributed by atoms with van der Waals surface area (Å²) in [6.45, 7) is 8.47. The molecule has 1 saturated heterocycles. The number of hydrogen-bond acceptors (Lipinski definition) is 6. The molecular formula is C22H29ClN6O2. The minimum absolute atomic E-state index is 0.0453. The molecular weight excluding hydrogens is 416 g/mol. The number of methoxy groups -OCH3 is 1. The van der Waals surface area contributed by atoms with Gasteiger partial charge in [-0.1, -0.05) is 18.2 Å². The summed E-state index contributed by atoms with van der Waals surface area (Å²) in [6.07, 6.45) is 2.89. The molecule has 1 fully saturated rings. The second-order valence-corrected chi connectivity index (χ2v) is 8.19. The Bertz CT molecular complexity index is 929. The number of nitrogens with zero attached hydrogens (tertiary/aromatic N) is 4. The first-order valence-electron chi connectivity index (χ1n) is 10.1. The number of carbonyl (C=O) groups is 1. The van der Waals surface area contributed by atoms with Crippen LogP contribution in [0.25, 0.3) is 5.70 Å². The lowest BCUT2D eigenvalue weighted by molar-refractivity contribution is -0.128. The van der Waals surface area contributed by atoms with Crippen molar-refractivity contribution in [3.63, 3.8) is 0 Å². The average Bonchev–Trinajstić information content (AvgIpc) is 3.19. The number of rotatable bonds is 6. The van der Waals surface area contributed by atoms with Crippen LogP contribution in [0.3, 0.4) is 0 Å². The summed E-state index contributed by atoms with van der Waals surface area (Å²) < 4.78 is 5.28. The van der Waals surface area contributed by atoms with E-state index in [0.717, 1.165) is 24.1 Å². The van der Waals surface area contributed by atoms with Gasteiger partial charge in [0.05, 0.1) is 23.4 Å². The highest BCUT2D eigenvalue weighted by molar-refractivity contribution is 6.32. The molecule has 1 aromatic carbocycles. The first-order valence-corrected chi connectivity index (χ1v) is 10.5. The number of halogens is 1. The molecule has 166 valence electrons. The van der Waals surface area contributed by atoms with Gasteiger partial charge in [0.25, 0.3) is 0 Å². The molecule has 2 aliphatic rings. The van der Waals surface area contributed by atoms with Gasteiger partial charge in [0.15, 0.2) is 5.84 Å². The third-order valence-corrected chi connectivity index (χ3v) is 5.95. The standard InChI is InChI=1S/C22H29ClN6O2/c1-6-18(30)28-11-7-8-15(13-28)29-22(27(3)4)19(21(24)25-2)20(26-29)14-9-10-17(31-5)16(23)12-14/h6,9-10,12,15,22,24,26H,1-2,7-8,11,13H2,3-5H3/t15-,22?/m1/s1. The molecule has 2 aliphatic heterocycles. The third kappa shape index (κ3) is 4.51. The van der Waals surface area contributed by atoms with E-state index in [9.17, 15) is 4.79 Å². The zero-order valence-corrected chi connectivity index (χ0v) is 18.9. The van der Waals surface area contributed by atoms with Crippen LogP contribution >= 0.6 is 11.6 Å². The van der Waals surface area contributed by atoms with Crippen molar-refractivity contribution in [1.29, 1.82) is 5.41 Å². The molecule has 2 atom stereocenters. The molecule has 9 heteroatoms. The van der Waals surface area contributed by atoms with Crippen LogP contribution in [-0.2, 0) is 4.79 Å². The minimum Gasteiger partial charge on any atom is -0.495 e. The maximum Gasteiger partial charge on any atom is 0.246 e. The molecule has 0 saturated carbocycles. The Morgan fingerprint density at radius 2 is 2.19 bits per heavy atom. The van der Waals surface area contributed by atoms with E-state index in [1.165, 1.54) is 6.08 Å². The number of amidine groups is 1. The summed E-state index contributed by atoms with van der Waals surface area (Å²) in [7, 11) is 5.48. The van der Waals surface area contributed by atoms with Crippen LogP contribution in [0.4, 0.5) is 0 Å². The maximum atomic E-state index is 12.2. The molecule has 31 heavy (non-hydrogen) atoms. The van der Waals surface area contributed by atoms with Crippen molar-refractivity contribution in [2.45, 2.75) is 25.0 Å². The maximum absolute atomic E-state index is 12.2. The number of piperidine rings is 1. The van der Waals surface area contributed by atoms with Crippen molar-refractivity contribution >= 4 is 35.8 Å². The van der Waals surface area contributed by atoms with E-state index in [1.54, 1.807) is 13.2 Å². The molecule has 0 aromatic heterocycles. The molecule has 0 spiro atoms. The number of benzene rings is 1. The Morgan fingerprint density at radius 1 is 1.45 bits per heavy atom. The van der Waals surface area contributed by atoms with Gasteiger partial charge in [-0.3, -0.25) is 15.1 Å². The Hall–Kier alpha value is -2.68. The Morgan fingerprint density at radius 3 is 2.77 bits per heavy atom. The van der Waals surface area contributed by atoms with Gasteiger partial charge in [0, 0.05) is 24.7 Å². The predicted molar refractivity (Wildman–Crippen MR) is 124 cm³/mol. The smallest absolute Gasteiger partial charge is 0.246 e. The Kier molecular flexibility index (Phi) is 7.15. The van der Waals surface area contributed by atoms with Crippen molar-refractivity contribution in [3.05, 3.63) is 47.0 Å². The monoisotopic (exact) mass is 444 g/mol. The van der Waals surface area contributed by atoms with Crippen molar-refractivity contribution < 1.29 is 9.53 Å². The highest BCUT2D eigenvalue weighted by Gasteiger charge is 2.42. The van der Waals surface area contributed by atoms with E-state index in [0.29, 0.717) is 29.4 Å². The molecule has 2 N–H and O–H groups in total. The Balaban J connectivity index is 2.02. The molecule has 1 unspecified atom stereocenters. The number of hydrogen-bond donors (Lipinski definition) is 2. The van der Waals surface area contributed by atoms with Crippen molar-refractivity contribution in [3.8, 4) is 5.75 Å². The fourth-order valence-electron chi connectivity index (χ4n) is 4.20. The lowest BCUT2D eigenvalue weighted by atomic mass is 10.0. The molecule has 0 radical (unpaired) electrons. The van der Waals surface area contributed by atoms with Crippen LogP contribution in [0.2, 0.25) is 5.02 Å². The average molecular weight is 445 g/mol. The number of likely N-dealkylation sites (tertiary alicyclic amines) is 1. The molecule has 1 aromatic rings. The van der Waals surface area contributed by atoms with E-state index in [-0.39, 0.29) is 24.0 Å². The molecule has 8 nitrogen and oxygen atoms in total. The van der Waals surface area contributed by atoms with E-state index in [4.69, 9.17) is 21.7 Å². The van der Waals surface area contributed by atoms with Gasteiger partial charge in [-0.2, -0.15) is 5.01 Å². The molecule has 0 bridgehead atoms. The summed E-state index contributed by atoms with van der Waals surface area (Å²) >= 11 is 6.38. The quantitative estimate of drug-likeness (QED) is 0.400. The third-order valence-electron chi connectivity index (χ3n) is 5.65. The Labute approximate surface area is 188 Å². The first-order chi connectivity index (χ1) is 14.8. The van der Waals surface area contributed by atoms with Gasteiger partial charge in [0.1, 0.15) is 11.9 Å². The number of nitrogens with one attached hydrogen (secondary N) is 2. The largest absolute Gasteiger partial charge is 0.495 e. The lowest BCUT2D eigenvalue weighted by Crippen LogP contribution is -2.58. The summed E-state index contributed by atoms with van der Waals surface area (Å²) in [5.41, 5.74) is 5.76. The van der Waals surface area contributed by atoms with Gasteiger partial charge >= 0.3 is 0 Å². The zero-order valence-electron chi connectivity index (χ0n) is 18.2. The van der Waals surface area contributed by atoms with Crippen molar-refractivity contribution in [2.75, 3.05) is 34.3 Å². The van der Waals surface area contributed by atoms with E-state index in [1.807, 2.05) is 36.0 Å². The highest BCUT2D eigenvalue weighted by atomic mass is 35.5. The first kappa shape index (κ1) is 23.0. The van der Waals surface area contributed by atoms with Gasteiger partial charge in [-0.05, 0) is 57.9 Å². The molecule has 3 rings (SSSR count). The zero-order chi connectivity index (χ0) is 22.7. The van der Waals surface area contributed by atoms with Crippen molar-refractivity contribution in [1.82, 2.24) is 20.2 Å². The van der Waals surface area contributed by atoms with E-state index in [2.05, 4.69) is 28.7 Å². The predicted octanol–water partition coefficient (Wildman–Crippen LogP) is 2.62. The molecule has 2 heterocycles. The van der Waals surface area contributed by atoms with Gasteiger partial charge in [-0.15, -0.1) is 0 Å². The van der Waals surface area contributed by atoms with Gasteiger partial charge in [-0.25, -0.2) is 4.99 Å². The van der Waals surface area contributed by atoms with Gasteiger partial charge < -0.3 is 15.1 Å². The normalized spacial score (nSPS) is 21.8. The second-order valence-electron chi connectivity index (χ2n) is 7.79. The number of ether oxygens (including phenoxy) is 1. The van der Waals surface area contributed by atoms with Crippen LogP contribution in [0.1, 0.15) is 18.4 Å². The second kappa shape index (κ2) is 9.64. The summed E-state index contributed by atoms with van der Waals surface area (Å²) in [5.74, 6) is 0.598. The van der Waals surface area contributed by atoms with E-state index >= 15 is 0 Å².